The summed E-state index contributed by atoms with van der Waals surface area (Å²) in [5, 5.41) is 11.7. The minimum absolute atomic E-state index is 0.0133. The van der Waals surface area contributed by atoms with Gasteiger partial charge in [0.2, 0.25) is 5.88 Å². The molecule has 7 rings (SSSR count). The average Bonchev–Trinajstić information content (AvgIpc) is 3.54. The maximum absolute atomic E-state index is 12.9. The molecule has 1 aromatic carbocycles. The number of hydrogen-bond acceptors (Lipinski definition) is 9. The number of ether oxygens (including phenoxy) is 3. The highest BCUT2D eigenvalue weighted by Crippen LogP contribution is 2.39. The summed E-state index contributed by atoms with van der Waals surface area (Å²) in [6, 6.07) is 11.8. The summed E-state index contributed by atoms with van der Waals surface area (Å²) in [6.07, 6.45) is 4.91. The van der Waals surface area contributed by atoms with Gasteiger partial charge in [0.1, 0.15) is 24.6 Å². The molecule has 3 aliphatic heterocycles. The molecular weight excluding hydrogens is 574 g/mol. The number of nitrogens with zero attached hydrogens (tertiary/aromatic N) is 5. The SMILES string of the molecule is CC(C)c1cnn2c(NC3C4CCC3CN(C(=O)OC3CNC3)C4)cc(O[C@@H]3CCCN(C(=O)OCc4ccccc4)C3)nc12. The Bertz CT molecular complexity index is 1500. The second-order valence-corrected chi connectivity index (χ2v) is 13.2. The second kappa shape index (κ2) is 12.7. The van der Waals surface area contributed by atoms with Crippen molar-refractivity contribution in [2.45, 2.75) is 70.3 Å². The van der Waals surface area contributed by atoms with Gasteiger partial charge in [-0.15, -0.1) is 0 Å². The van der Waals surface area contributed by atoms with E-state index in [-0.39, 0.29) is 43.0 Å². The zero-order valence-electron chi connectivity index (χ0n) is 26.1. The minimum atomic E-state index is -0.328. The van der Waals surface area contributed by atoms with Crippen LogP contribution >= 0.6 is 0 Å². The Hall–Kier alpha value is -4.06. The maximum Gasteiger partial charge on any atom is 0.410 e. The predicted molar refractivity (Wildman–Crippen MR) is 167 cm³/mol. The van der Waals surface area contributed by atoms with Gasteiger partial charge in [-0.3, -0.25) is 0 Å². The number of amides is 2. The molecule has 12 nitrogen and oxygen atoms in total. The molecule has 3 atom stereocenters. The summed E-state index contributed by atoms with van der Waals surface area (Å²) in [5.74, 6) is 2.21. The zero-order valence-corrected chi connectivity index (χ0v) is 26.1. The van der Waals surface area contributed by atoms with Crippen LogP contribution in [0, 0.1) is 11.8 Å². The highest BCUT2D eigenvalue weighted by molar-refractivity contribution is 5.69. The van der Waals surface area contributed by atoms with Crippen LogP contribution in [0.5, 0.6) is 5.88 Å². The molecule has 0 spiro atoms. The highest BCUT2D eigenvalue weighted by atomic mass is 16.6. The van der Waals surface area contributed by atoms with Crippen LogP contribution in [0.4, 0.5) is 15.4 Å². The molecule has 2 aromatic heterocycles. The fourth-order valence-electron chi connectivity index (χ4n) is 7.05. The van der Waals surface area contributed by atoms with Gasteiger partial charge in [0.05, 0.1) is 12.7 Å². The Labute approximate surface area is 263 Å². The standard InChI is InChI=1S/C33H43N7O5/c1-21(2)27-16-35-40-28(36-30-23-10-11-24(30)18-39(17-23)33(42)45-26-14-34-15-26)13-29(37-31(27)40)44-25-9-6-12-38(19-25)32(41)43-20-22-7-4-3-5-8-22/h3-5,7-8,13,16,21,23-26,30,34,36H,6,9-12,14-15,17-20H2,1-2H3/t23?,24?,25-,30?/m1/s1. The summed E-state index contributed by atoms with van der Waals surface area (Å²) in [6.45, 7) is 8.42. The van der Waals surface area contributed by atoms with Gasteiger partial charge in [0.15, 0.2) is 5.65 Å². The van der Waals surface area contributed by atoms with Crippen LogP contribution in [-0.2, 0) is 16.1 Å². The quantitative estimate of drug-likeness (QED) is 0.382. The Morgan fingerprint density at radius 1 is 1.00 bits per heavy atom. The summed E-state index contributed by atoms with van der Waals surface area (Å²) in [7, 11) is 0. The van der Waals surface area contributed by atoms with Crippen LogP contribution in [0.25, 0.3) is 5.65 Å². The maximum atomic E-state index is 12.9. The molecule has 2 unspecified atom stereocenters. The number of fused-ring (bicyclic) bond motifs is 3. The zero-order chi connectivity index (χ0) is 30.9. The normalized spacial score (nSPS) is 24.9. The van der Waals surface area contributed by atoms with Gasteiger partial charge in [-0.1, -0.05) is 44.2 Å². The number of anilines is 1. The van der Waals surface area contributed by atoms with Crippen LogP contribution in [-0.4, -0.2) is 94.1 Å². The fourth-order valence-corrected chi connectivity index (χ4v) is 7.05. The van der Waals surface area contributed by atoms with Crippen molar-refractivity contribution >= 4 is 23.7 Å². The van der Waals surface area contributed by atoms with E-state index in [0.717, 1.165) is 61.4 Å². The Balaban J connectivity index is 1.05. The minimum Gasteiger partial charge on any atom is -0.472 e. The molecule has 240 valence electrons. The second-order valence-electron chi connectivity index (χ2n) is 13.2. The van der Waals surface area contributed by atoms with E-state index in [0.29, 0.717) is 43.9 Å². The van der Waals surface area contributed by atoms with E-state index in [4.69, 9.17) is 24.3 Å². The van der Waals surface area contributed by atoms with Crippen LogP contribution in [0.1, 0.15) is 56.6 Å². The number of benzene rings is 1. The molecule has 2 N–H and O–H groups in total. The smallest absolute Gasteiger partial charge is 0.410 e. The number of hydrogen-bond donors (Lipinski definition) is 2. The van der Waals surface area contributed by atoms with Crippen molar-refractivity contribution in [2.24, 2.45) is 11.8 Å². The van der Waals surface area contributed by atoms with Gasteiger partial charge in [-0.2, -0.15) is 14.6 Å². The van der Waals surface area contributed by atoms with E-state index >= 15 is 0 Å². The Morgan fingerprint density at radius 2 is 1.78 bits per heavy atom. The molecule has 5 heterocycles. The van der Waals surface area contributed by atoms with Crippen molar-refractivity contribution < 1.29 is 23.8 Å². The summed E-state index contributed by atoms with van der Waals surface area (Å²) in [5.41, 5.74) is 2.77. The lowest BCUT2D eigenvalue weighted by Gasteiger charge is -2.39. The van der Waals surface area contributed by atoms with Crippen LogP contribution < -0.4 is 15.4 Å². The third-order valence-corrected chi connectivity index (χ3v) is 9.64. The average molecular weight is 618 g/mol. The monoisotopic (exact) mass is 617 g/mol. The van der Waals surface area contributed by atoms with Crippen LogP contribution in [0.2, 0.25) is 0 Å². The van der Waals surface area contributed by atoms with Gasteiger partial charge in [0, 0.05) is 50.4 Å². The van der Waals surface area contributed by atoms with Crippen molar-refractivity contribution in [2.75, 3.05) is 44.6 Å². The third kappa shape index (κ3) is 6.38. The molecule has 0 radical (unpaired) electrons. The first-order valence-electron chi connectivity index (χ1n) is 16.3. The number of aromatic nitrogens is 3. The molecule has 4 aliphatic rings. The first kappa shape index (κ1) is 29.6. The summed E-state index contributed by atoms with van der Waals surface area (Å²) < 4.78 is 19.6. The molecule has 1 saturated carbocycles. The number of nitrogens with one attached hydrogen (secondary N) is 2. The summed E-state index contributed by atoms with van der Waals surface area (Å²) >= 11 is 0. The summed E-state index contributed by atoms with van der Waals surface area (Å²) in [4.78, 5) is 34.2. The first-order chi connectivity index (χ1) is 21.9. The molecule has 12 heteroatoms. The van der Waals surface area contributed by atoms with Gasteiger partial charge in [-0.05, 0) is 49.0 Å². The van der Waals surface area contributed by atoms with E-state index in [1.807, 2.05) is 52.0 Å². The van der Waals surface area contributed by atoms with Crippen molar-refractivity contribution in [3.8, 4) is 5.88 Å². The lowest BCUT2D eigenvalue weighted by Crippen LogP contribution is -2.54. The van der Waals surface area contributed by atoms with Crippen LogP contribution in [0.15, 0.2) is 42.6 Å². The molecule has 2 amide bonds. The van der Waals surface area contributed by atoms with Crippen molar-refractivity contribution in [3.63, 3.8) is 0 Å². The number of carbonyl (C=O) groups is 2. The van der Waals surface area contributed by atoms with Crippen molar-refractivity contribution in [3.05, 3.63) is 53.7 Å². The van der Waals surface area contributed by atoms with E-state index in [1.54, 1.807) is 4.90 Å². The molecule has 3 aromatic rings. The Kier molecular flexibility index (Phi) is 8.39. The number of piperidine rings is 2. The predicted octanol–water partition coefficient (Wildman–Crippen LogP) is 4.26. The van der Waals surface area contributed by atoms with Crippen molar-refractivity contribution in [1.82, 2.24) is 29.7 Å². The molecule has 3 saturated heterocycles. The van der Waals surface area contributed by atoms with Crippen molar-refractivity contribution in [1.29, 1.82) is 0 Å². The van der Waals surface area contributed by atoms with Gasteiger partial charge < -0.3 is 34.6 Å². The van der Waals surface area contributed by atoms with E-state index < -0.39 is 0 Å². The lowest BCUT2D eigenvalue weighted by atomic mass is 9.92. The molecule has 45 heavy (non-hydrogen) atoms. The van der Waals surface area contributed by atoms with E-state index in [1.165, 1.54) is 0 Å². The van der Waals surface area contributed by atoms with Gasteiger partial charge in [-0.25, -0.2) is 9.59 Å². The first-order valence-corrected chi connectivity index (χ1v) is 16.3. The van der Waals surface area contributed by atoms with E-state index in [2.05, 4.69) is 24.5 Å². The third-order valence-electron chi connectivity index (χ3n) is 9.64. The topological polar surface area (TPSA) is 123 Å². The number of rotatable bonds is 8. The largest absolute Gasteiger partial charge is 0.472 e. The lowest BCUT2D eigenvalue weighted by molar-refractivity contribution is 0.0271. The molecule has 4 fully saturated rings. The highest BCUT2D eigenvalue weighted by Gasteiger charge is 2.44. The molecule has 1 aliphatic carbocycles. The Morgan fingerprint density at radius 3 is 2.49 bits per heavy atom. The number of likely N-dealkylation sites (tertiary alicyclic amines) is 2. The van der Waals surface area contributed by atoms with Gasteiger partial charge in [0.25, 0.3) is 0 Å². The fraction of sp³-hybridized carbons (Fsp3) is 0.576. The molecular formula is C33H43N7O5. The number of carbonyl (C=O) groups excluding carboxylic acids is 2. The van der Waals surface area contributed by atoms with Crippen LogP contribution in [0.3, 0.4) is 0 Å². The molecule has 2 bridgehead atoms. The van der Waals surface area contributed by atoms with Gasteiger partial charge >= 0.3 is 12.2 Å². The van der Waals surface area contributed by atoms with E-state index in [9.17, 15) is 9.59 Å².